The average Bonchev–Trinajstić information content (AvgIpc) is 3.63. The minimum Gasteiger partial charge on any atom is -0.494 e. The third kappa shape index (κ3) is 4.46. The van der Waals surface area contributed by atoms with Gasteiger partial charge in [0.15, 0.2) is 0 Å². The van der Waals surface area contributed by atoms with Gasteiger partial charge in [0.2, 0.25) is 5.96 Å². The normalized spacial score (nSPS) is 14.9. The van der Waals surface area contributed by atoms with E-state index in [4.69, 9.17) is 9.73 Å². The summed E-state index contributed by atoms with van der Waals surface area (Å²) in [6, 6.07) is 44.8. The van der Waals surface area contributed by atoms with Crippen molar-refractivity contribution in [2.75, 3.05) is 6.61 Å². The average molecular weight is 612 g/mol. The van der Waals surface area contributed by atoms with E-state index in [9.17, 15) is 4.39 Å². The first-order valence-electron chi connectivity index (χ1n) is 16.0. The van der Waals surface area contributed by atoms with Gasteiger partial charge in [0.05, 0.1) is 29.6 Å². The Balaban J connectivity index is 1.28. The predicted molar refractivity (Wildman–Crippen MR) is 190 cm³/mol. The highest BCUT2D eigenvalue weighted by Gasteiger charge is 2.32. The molecular weight excluding hydrogens is 581 g/mol. The van der Waals surface area contributed by atoms with Gasteiger partial charge in [-0.3, -0.25) is 4.57 Å². The van der Waals surface area contributed by atoms with Crippen LogP contribution in [0.25, 0.3) is 60.9 Å². The number of aromatic nitrogens is 1. The van der Waals surface area contributed by atoms with E-state index in [2.05, 4.69) is 107 Å². The van der Waals surface area contributed by atoms with Crippen LogP contribution < -0.4 is 10.1 Å². The zero-order valence-electron chi connectivity index (χ0n) is 25.7. The summed E-state index contributed by atoms with van der Waals surface area (Å²) in [7, 11) is 0. The lowest BCUT2D eigenvalue weighted by atomic mass is 9.99. The van der Waals surface area contributed by atoms with Crippen LogP contribution in [0.3, 0.4) is 0 Å². The summed E-state index contributed by atoms with van der Waals surface area (Å²) < 4.78 is 21.9. The van der Waals surface area contributed by atoms with Crippen molar-refractivity contribution in [1.29, 1.82) is 0 Å². The molecule has 6 aromatic carbocycles. The van der Waals surface area contributed by atoms with Gasteiger partial charge in [0.25, 0.3) is 0 Å². The Hall–Kier alpha value is -5.94. The second-order valence-corrected chi connectivity index (χ2v) is 12.0. The molecule has 0 fully saturated rings. The second-order valence-electron chi connectivity index (χ2n) is 12.0. The molecule has 1 atom stereocenters. The number of nitrogens with zero attached hydrogens (tertiary/aromatic N) is 2. The van der Waals surface area contributed by atoms with Crippen LogP contribution in [0.5, 0.6) is 5.75 Å². The fourth-order valence-electron chi connectivity index (χ4n) is 7.13. The number of fused-ring (bicyclic) bond motifs is 5. The summed E-state index contributed by atoms with van der Waals surface area (Å²) in [5.74, 6) is 1.37. The van der Waals surface area contributed by atoms with E-state index in [0.29, 0.717) is 6.61 Å². The zero-order valence-corrected chi connectivity index (χ0v) is 25.7. The second kappa shape index (κ2) is 10.8. The predicted octanol–water partition coefficient (Wildman–Crippen LogP) is 10.2. The molecule has 0 saturated heterocycles. The summed E-state index contributed by atoms with van der Waals surface area (Å²) in [5, 5.41) is 7.40. The van der Waals surface area contributed by atoms with E-state index in [-0.39, 0.29) is 11.9 Å². The molecule has 0 radical (unpaired) electrons. The summed E-state index contributed by atoms with van der Waals surface area (Å²) >= 11 is 0. The summed E-state index contributed by atoms with van der Waals surface area (Å²) in [6.07, 6.45) is 2.20. The molecule has 1 aliphatic heterocycles. The molecule has 226 valence electrons. The van der Waals surface area contributed by atoms with Crippen molar-refractivity contribution in [1.82, 2.24) is 9.88 Å². The van der Waals surface area contributed by atoms with Crippen molar-refractivity contribution in [3.63, 3.8) is 0 Å². The molecule has 0 bridgehead atoms. The fraction of sp³-hybridized carbons (Fsp3) is 0.0714. The highest BCUT2D eigenvalue weighted by atomic mass is 19.1. The van der Waals surface area contributed by atoms with Crippen LogP contribution in [0.4, 0.5) is 4.39 Å². The highest BCUT2D eigenvalue weighted by Crippen LogP contribution is 2.52. The maximum absolute atomic E-state index is 13.9. The van der Waals surface area contributed by atoms with Crippen molar-refractivity contribution in [3.8, 4) is 39.3 Å². The molecule has 1 aliphatic carbocycles. The molecule has 2 aliphatic rings. The molecule has 1 N–H and O–H groups in total. The van der Waals surface area contributed by atoms with E-state index < -0.39 is 0 Å². The number of hydrogen-bond donors (Lipinski definition) is 1. The Morgan fingerprint density at radius 2 is 1.49 bits per heavy atom. The van der Waals surface area contributed by atoms with Gasteiger partial charge in [-0.25, -0.2) is 9.38 Å². The van der Waals surface area contributed by atoms with E-state index in [1.165, 1.54) is 39.6 Å². The smallest absolute Gasteiger partial charge is 0.209 e. The first-order valence-corrected chi connectivity index (χ1v) is 16.0. The van der Waals surface area contributed by atoms with Gasteiger partial charge in [0, 0.05) is 22.1 Å². The van der Waals surface area contributed by atoms with Crippen molar-refractivity contribution in [2.45, 2.75) is 13.0 Å². The molecule has 0 saturated carbocycles. The molecule has 9 rings (SSSR count). The molecular formula is C42H30FN3O. The van der Waals surface area contributed by atoms with Crippen molar-refractivity contribution in [2.24, 2.45) is 4.99 Å². The fourth-order valence-corrected chi connectivity index (χ4v) is 7.13. The molecule has 1 aromatic heterocycles. The van der Waals surface area contributed by atoms with Gasteiger partial charge in [-0.1, -0.05) is 97.1 Å². The maximum atomic E-state index is 13.9. The Morgan fingerprint density at radius 1 is 0.745 bits per heavy atom. The van der Waals surface area contributed by atoms with E-state index in [0.717, 1.165) is 56.3 Å². The molecule has 0 spiro atoms. The standard InChI is InChI=1S/C42H30FN3O/c1-2-47-32-21-16-28(17-22-32)37-25-36(27-8-4-3-5-9-27)44-42(45-37)46-38-23-18-30(26-14-19-31(43)20-15-26)24-35(38)40-33-12-6-10-29-11-7-13-34(39(29)33)41(40)46/h3-25,37H,2H2,1H3,(H,44,45). The van der Waals surface area contributed by atoms with E-state index >= 15 is 0 Å². The maximum Gasteiger partial charge on any atom is 0.209 e. The van der Waals surface area contributed by atoms with Crippen LogP contribution in [0, 0.1) is 5.82 Å². The van der Waals surface area contributed by atoms with Crippen molar-refractivity contribution in [3.05, 3.63) is 156 Å². The lowest BCUT2D eigenvalue weighted by Crippen LogP contribution is -2.35. The number of hydrogen-bond acceptors (Lipinski definition) is 3. The molecule has 7 aromatic rings. The zero-order chi connectivity index (χ0) is 31.5. The van der Waals surface area contributed by atoms with Crippen molar-refractivity contribution >= 4 is 33.3 Å². The van der Waals surface area contributed by atoms with E-state index in [1.54, 1.807) is 0 Å². The van der Waals surface area contributed by atoms with Crippen LogP contribution >= 0.6 is 0 Å². The van der Waals surface area contributed by atoms with Crippen LogP contribution in [0.1, 0.15) is 24.1 Å². The number of nitrogens with one attached hydrogen (secondary N) is 1. The van der Waals surface area contributed by atoms with Crippen LogP contribution in [0.15, 0.2) is 145 Å². The number of halogens is 1. The van der Waals surface area contributed by atoms with Gasteiger partial charge in [-0.2, -0.15) is 0 Å². The Bertz CT molecular complexity index is 2380. The van der Waals surface area contributed by atoms with Crippen molar-refractivity contribution < 1.29 is 9.13 Å². The molecule has 1 unspecified atom stereocenters. The minimum absolute atomic E-state index is 0.125. The van der Waals surface area contributed by atoms with Crippen LogP contribution in [-0.2, 0) is 0 Å². The minimum atomic E-state index is -0.241. The third-order valence-electron chi connectivity index (χ3n) is 9.24. The SMILES string of the molecule is CCOc1ccc(C2C=C(c3ccccc3)N=C(n3c4c(c5cc(-c6ccc(F)cc6)ccc53)-c3cccc5cccc-4c35)N2)cc1. The molecule has 0 amide bonds. The van der Waals surface area contributed by atoms with Crippen LogP contribution in [-0.4, -0.2) is 17.1 Å². The molecule has 2 heterocycles. The monoisotopic (exact) mass is 611 g/mol. The summed E-state index contributed by atoms with van der Waals surface area (Å²) in [4.78, 5) is 5.33. The number of benzene rings is 6. The summed E-state index contributed by atoms with van der Waals surface area (Å²) in [5.41, 5.74) is 10.9. The lowest BCUT2D eigenvalue weighted by Gasteiger charge is -2.26. The highest BCUT2D eigenvalue weighted by molar-refractivity contribution is 6.24. The third-order valence-corrected chi connectivity index (χ3v) is 9.24. The number of rotatable bonds is 5. The quantitative estimate of drug-likeness (QED) is 0.210. The van der Waals surface area contributed by atoms with Gasteiger partial charge >= 0.3 is 0 Å². The Morgan fingerprint density at radius 3 is 2.26 bits per heavy atom. The van der Waals surface area contributed by atoms with Gasteiger partial charge in [-0.05, 0) is 82.4 Å². The number of ether oxygens (including phenoxy) is 1. The number of aliphatic imine (C=N–C) groups is 1. The van der Waals surface area contributed by atoms with Gasteiger partial charge in [-0.15, -0.1) is 0 Å². The Labute approximate surface area is 272 Å². The molecule has 47 heavy (non-hydrogen) atoms. The van der Waals surface area contributed by atoms with Gasteiger partial charge in [0.1, 0.15) is 11.6 Å². The van der Waals surface area contributed by atoms with E-state index in [1.807, 2.05) is 37.3 Å². The lowest BCUT2D eigenvalue weighted by molar-refractivity contribution is 0.340. The largest absolute Gasteiger partial charge is 0.494 e. The summed E-state index contributed by atoms with van der Waals surface area (Å²) in [6.45, 7) is 2.62. The topological polar surface area (TPSA) is 38.5 Å². The van der Waals surface area contributed by atoms with Crippen LogP contribution in [0.2, 0.25) is 0 Å². The first-order chi connectivity index (χ1) is 23.2. The molecule has 5 heteroatoms. The van der Waals surface area contributed by atoms with Gasteiger partial charge < -0.3 is 10.1 Å². The molecule has 4 nitrogen and oxygen atoms in total. The first kappa shape index (κ1) is 27.4. The Kier molecular flexibility index (Phi) is 6.32.